The fourth-order valence-corrected chi connectivity index (χ4v) is 3.10. The molecule has 0 aliphatic carbocycles. The van der Waals surface area contributed by atoms with Crippen LogP contribution in [-0.4, -0.2) is 38.7 Å². The number of primary amides is 1. The van der Waals surface area contributed by atoms with Gasteiger partial charge in [-0.25, -0.2) is 0 Å². The van der Waals surface area contributed by atoms with Crippen LogP contribution in [0.3, 0.4) is 0 Å². The van der Waals surface area contributed by atoms with E-state index in [1.54, 1.807) is 0 Å². The Morgan fingerprint density at radius 2 is 1.71 bits per heavy atom. The normalized spacial score (nSPS) is 11.4. The predicted molar refractivity (Wildman–Crippen MR) is 117 cm³/mol. The molecule has 1 atom stereocenters. The van der Waals surface area contributed by atoms with Crippen LogP contribution >= 0.6 is 11.6 Å². The van der Waals surface area contributed by atoms with E-state index in [0.29, 0.717) is 24.7 Å². The molecule has 0 aliphatic heterocycles. The van der Waals surface area contributed by atoms with Gasteiger partial charge in [-0.05, 0) is 50.6 Å². The van der Waals surface area contributed by atoms with E-state index < -0.39 is 5.91 Å². The highest BCUT2D eigenvalue weighted by molar-refractivity contribution is 6.32. The molecule has 9 heteroatoms. The van der Waals surface area contributed by atoms with Crippen LogP contribution in [-0.2, 0) is 4.79 Å². The number of hydrogen-bond acceptors (Lipinski definition) is 6. The summed E-state index contributed by atoms with van der Waals surface area (Å²) in [5.41, 5.74) is 6.22. The number of nitrogens with two attached hydrogens (primary N) is 1. The number of nitrogens with one attached hydrogen (secondary N) is 1. The molecule has 168 valence electrons. The molecule has 0 bridgehead atoms. The minimum atomic E-state index is -0.657. The van der Waals surface area contributed by atoms with Gasteiger partial charge >= 0.3 is 0 Å². The first kappa shape index (κ1) is 24.1. The molecule has 0 spiro atoms. The maximum absolute atomic E-state index is 12.8. The second-order valence-electron chi connectivity index (χ2n) is 6.51. The third kappa shape index (κ3) is 6.42. The molecule has 0 aliphatic rings. The van der Waals surface area contributed by atoms with E-state index in [0.717, 1.165) is 5.56 Å². The van der Waals surface area contributed by atoms with Gasteiger partial charge in [0.2, 0.25) is 0 Å². The highest BCUT2D eigenvalue weighted by atomic mass is 35.5. The summed E-state index contributed by atoms with van der Waals surface area (Å²) in [5.74, 6) is 0.599. The van der Waals surface area contributed by atoms with E-state index in [-0.39, 0.29) is 40.6 Å². The van der Waals surface area contributed by atoms with Gasteiger partial charge in [0, 0.05) is 5.56 Å². The van der Waals surface area contributed by atoms with Gasteiger partial charge in [-0.2, -0.15) is 0 Å². The topological polar surface area (TPSA) is 109 Å². The molecule has 1 unspecified atom stereocenters. The van der Waals surface area contributed by atoms with Crippen molar-refractivity contribution in [3.63, 3.8) is 0 Å². The van der Waals surface area contributed by atoms with Crippen molar-refractivity contribution >= 4 is 23.4 Å². The Bertz CT molecular complexity index is 934. The number of carbonyl (C=O) groups excluding carboxylic acids is 2. The molecule has 0 aromatic heterocycles. The summed E-state index contributed by atoms with van der Waals surface area (Å²) in [4.78, 5) is 23.8. The number of benzene rings is 2. The van der Waals surface area contributed by atoms with Crippen LogP contribution in [0.1, 0.15) is 42.7 Å². The first-order valence-corrected chi connectivity index (χ1v) is 10.2. The minimum absolute atomic E-state index is 0.123. The van der Waals surface area contributed by atoms with Gasteiger partial charge in [0.05, 0.1) is 31.4 Å². The third-order valence-electron chi connectivity index (χ3n) is 4.27. The van der Waals surface area contributed by atoms with Crippen molar-refractivity contribution in [2.24, 2.45) is 5.73 Å². The molecule has 2 aromatic carbocycles. The molecule has 3 N–H and O–H groups in total. The molecule has 2 rings (SSSR count). The van der Waals surface area contributed by atoms with E-state index >= 15 is 0 Å². The lowest BCUT2D eigenvalue weighted by atomic mass is 10.1. The number of halogens is 1. The van der Waals surface area contributed by atoms with Gasteiger partial charge in [-0.3, -0.25) is 9.59 Å². The Kier molecular flexibility index (Phi) is 8.81. The third-order valence-corrected chi connectivity index (χ3v) is 4.55. The largest absolute Gasteiger partial charge is 0.493 e. The van der Waals surface area contributed by atoms with Crippen LogP contribution < -0.4 is 30.0 Å². The Balaban J connectivity index is 2.21. The van der Waals surface area contributed by atoms with Crippen LogP contribution in [0.4, 0.5) is 0 Å². The van der Waals surface area contributed by atoms with Crippen molar-refractivity contribution in [1.82, 2.24) is 5.32 Å². The Morgan fingerprint density at radius 3 is 2.32 bits per heavy atom. The van der Waals surface area contributed by atoms with E-state index in [9.17, 15) is 9.59 Å². The highest BCUT2D eigenvalue weighted by Crippen LogP contribution is 2.37. The quantitative estimate of drug-likeness (QED) is 0.542. The number of hydrogen-bond donors (Lipinski definition) is 2. The molecular formula is C22H27ClN2O6. The highest BCUT2D eigenvalue weighted by Gasteiger charge is 2.19. The van der Waals surface area contributed by atoms with Gasteiger partial charge in [-0.15, -0.1) is 0 Å². The maximum atomic E-state index is 12.8. The zero-order valence-electron chi connectivity index (χ0n) is 18.0. The number of ether oxygens (including phenoxy) is 4. The lowest BCUT2D eigenvalue weighted by Crippen LogP contribution is -2.27. The van der Waals surface area contributed by atoms with Gasteiger partial charge < -0.3 is 30.0 Å². The molecule has 0 heterocycles. The van der Waals surface area contributed by atoms with E-state index in [2.05, 4.69) is 5.32 Å². The van der Waals surface area contributed by atoms with Crippen molar-refractivity contribution in [2.75, 3.05) is 26.9 Å². The molecule has 31 heavy (non-hydrogen) atoms. The molecule has 2 amide bonds. The summed E-state index contributed by atoms with van der Waals surface area (Å²) in [7, 11) is 1.41. The van der Waals surface area contributed by atoms with Crippen molar-refractivity contribution in [1.29, 1.82) is 0 Å². The van der Waals surface area contributed by atoms with Gasteiger partial charge in [0.1, 0.15) is 0 Å². The summed E-state index contributed by atoms with van der Waals surface area (Å²) in [6.07, 6.45) is 0. The first-order valence-electron chi connectivity index (χ1n) is 9.79. The zero-order chi connectivity index (χ0) is 23.0. The first-order chi connectivity index (χ1) is 14.8. The van der Waals surface area contributed by atoms with Gasteiger partial charge in [0.25, 0.3) is 11.8 Å². The standard InChI is InChI=1S/C22H27ClN2O6/c1-5-29-17-8-7-14(10-18(17)30-6-2)13(3)25-22(27)15-9-16(23)21(19(11-15)28-4)31-12-20(24)26/h7-11,13H,5-6,12H2,1-4H3,(H2,24,26)(H,25,27). The van der Waals surface area contributed by atoms with E-state index in [1.807, 2.05) is 39.0 Å². The van der Waals surface area contributed by atoms with Crippen LogP contribution in [0.15, 0.2) is 30.3 Å². The van der Waals surface area contributed by atoms with Crippen LogP contribution in [0.2, 0.25) is 5.02 Å². The van der Waals surface area contributed by atoms with Crippen molar-refractivity contribution < 1.29 is 28.5 Å². The number of amides is 2. The molecule has 0 fully saturated rings. The smallest absolute Gasteiger partial charge is 0.255 e. The van der Waals surface area contributed by atoms with E-state index in [4.69, 9.17) is 36.3 Å². The number of carbonyl (C=O) groups is 2. The summed E-state index contributed by atoms with van der Waals surface area (Å²) in [6, 6.07) is 8.12. The van der Waals surface area contributed by atoms with Crippen LogP contribution in [0.5, 0.6) is 23.0 Å². The van der Waals surface area contributed by atoms with Crippen LogP contribution in [0.25, 0.3) is 0 Å². The Labute approximate surface area is 186 Å². The Hall–Kier alpha value is -3.13. The lowest BCUT2D eigenvalue weighted by Gasteiger charge is -2.18. The van der Waals surface area contributed by atoms with Crippen molar-refractivity contribution in [3.8, 4) is 23.0 Å². The predicted octanol–water partition coefficient (Wildman–Crippen LogP) is 3.50. The molecule has 0 radical (unpaired) electrons. The average Bonchev–Trinajstić information content (AvgIpc) is 2.73. The minimum Gasteiger partial charge on any atom is -0.493 e. The van der Waals surface area contributed by atoms with Crippen molar-refractivity contribution in [2.45, 2.75) is 26.8 Å². The molecule has 0 saturated heterocycles. The summed E-state index contributed by atoms with van der Waals surface area (Å²) in [6.45, 7) is 6.29. The number of methoxy groups -OCH3 is 1. The molecule has 0 saturated carbocycles. The SMILES string of the molecule is CCOc1ccc(C(C)NC(=O)c2cc(Cl)c(OCC(N)=O)c(OC)c2)cc1OCC. The average molecular weight is 451 g/mol. The summed E-state index contributed by atoms with van der Waals surface area (Å²) < 4.78 is 21.8. The fraction of sp³-hybridized carbons (Fsp3) is 0.364. The van der Waals surface area contributed by atoms with Crippen LogP contribution in [0, 0.1) is 0 Å². The molecular weight excluding hydrogens is 424 g/mol. The maximum Gasteiger partial charge on any atom is 0.255 e. The van der Waals surface area contributed by atoms with Crippen molar-refractivity contribution in [3.05, 3.63) is 46.5 Å². The zero-order valence-corrected chi connectivity index (χ0v) is 18.7. The van der Waals surface area contributed by atoms with Gasteiger partial charge in [0.15, 0.2) is 29.6 Å². The number of rotatable bonds is 11. The van der Waals surface area contributed by atoms with E-state index in [1.165, 1.54) is 19.2 Å². The lowest BCUT2D eigenvalue weighted by molar-refractivity contribution is -0.119. The molecule has 8 nitrogen and oxygen atoms in total. The monoisotopic (exact) mass is 450 g/mol. The summed E-state index contributed by atoms with van der Waals surface area (Å²) >= 11 is 6.23. The molecule has 2 aromatic rings. The van der Waals surface area contributed by atoms with Gasteiger partial charge in [-0.1, -0.05) is 17.7 Å². The fourth-order valence-electron chi connectivity index (χ4n) is 2.83. The second-order valence-corrected chi connectivity index (χ2v) is 6.92. The summed E-state index contributed by atoms with van der Waals surface area (Å²) in [5, 5.41) is 3.04. The Morgan fingerprint density at radius 1 is 1.03 bits per heavy atom. The second kappa shape index (κ2) is 11.3.